The zero-order valence-electron chi connectivity index (χ0n) is 12.2. The van der Waals surface area contributed by atoms with Crippen LogP contribution >= 0.6 is 0 Å². The van der Waals surface area contributed by atoms with Crippen molar-refractivity contribution in [2.24, 2.45) is 5.73 Å². The van der Waals surface area contributed by atoms with Gasteiger partial charge in [0.1, 0.15) is 5.75 Å². The van der Waals surface area contributed by atoms with E-state index in [0.717, 1.165) is 37.1 Å². The molecule has 0 saturated heterocycles. The molecule has 2 N–H and O–H groups in total. The lowest BCUT2D eigenvalue weighted by atomic mass is 9.91. The summed E-state index contributed by atoms with van der Waals surface area (Å²) in [5, 5.41) is 0. The number of nitrogens with two attached hydrogens (primary N) is 1. The summed E-state index contributed by atoms with van der Waals surface area (Å²) < 4.78 is 5.32. The van der Waals surface area contributed by atoms with Crippen molar-refractivity contribution in [2.75, 3.05) is 20.2 Å². The largest absolute Gasteiger partial charge is 0.496 e. The van der Waals surface area contributed by atoms with Crippen molar-refractivity contribution in [1.29, 1.82) is 0 Å². The van der Waals surface area contributed by atoms with Gasteiger partial charge in [0, 0.05) is 18.2 Å². The first-order valence-corrected chi connectivity index (χ1v) is 7.37. The third kappa shape index (κ3) is 3.51. The molecule has 0 spiro atoms. The highest BCUT2D eigenvalue weighted by Gasteiger charge is 2.28. The van der Waals surface area contributed by atoms with E-state index < -0.39 is 0 Å². The molecule has 2 rings (SSSR count). The van der Waals surface area contributed by atoms with Crippen LogP contribution in [0, 0.1) is 0 Å². The lowest BCUT2D eigenvalue weighted by molar-refractivity contribution is -0.134. The summed E-state index contributed by atoms with van der Waals surface area (Å²) in [5.41, 5.74) is 6.53. The first-order chi connectivity index (χ1) is 9.76. The maximum atomic E-state index is 12.6. The maximum Gasteiger partial charge on any atom is 0.227 e. The number of nitrogens with zero attached hydrogens (tertiary/aromatic N) is 1. The van der Waals surface area contributed by atoms with E-state index in [1.54, 1.807) is 7.11 Å². The van der Waals surface area contributed by atoms with E-state index >= 15 is 0 Å². The molecule has 1 aromatic carbocycles. The monoisotopic (exact) mass is 276 g/mol. The van der Waals surface area contributed by atoms with E-state index in [9.17, 15) is 4.79 Å². The highest BCUT2D eigenvalue weighted by atomic mass is 16.5. The summed E-state index contributed by atoms with van der Waals surface area (Å²) in [6.45, 7) is 1.40. The number of ether oxygens (including phenoxy) is 1. The van der Waals surface area contributed by atoms with Crippen LogP contribution in [0.25, 0.3) is 0 Å². The van der Waals surface area contributed by atoms with Gasteiger partial charge < -0.3 is 15.4 Å². The lowest BCUT2D eigenvalue weighted by Crippen LogP contribution is -2.45. The number of carbonyl (C=O) groups excluding carboxylic acids is 1. The Morgan fingerprint density at radius 2 is 2.15 bits per heavy atom. The Labute approximate surface area is 120 Å². The van der Waals surface area contributed by atoms with Gasteiger partial charge in [-0.3, -0.25) is 4.79 Å². The van der Waals surface area contributed by atoms with Crippen LogP contribution in [0.4, 0.5) is 0 Å². The summed E-state index contributed by atoms with van der Waals surface area (Å²) in [7, 11) is 1.64. The van der Waals surface area contributed by atoms with Gasteiger partial charge >= 0.3 is 0 Å². The standard InChI is InChI=1S/C16H24N2O2/c1-20-15-9-3-2-6-13(15)12-16(19)18(11-5-10-17)14-7-4-8-14/h2-3,6,9,14H,4-5,7-8,10-12,17H2,1H3. The van der Waals surface area contributed by atoms with Crippen molar-refractivity contribution in [3.63, 3.8) is 0 Å². The van der Waals surface area contributed by atoms with Crippen LogP contribution in [0.2, 0.25) is 0 Å². The van der Waals surface area contributed by atoms with Crippen LogP contribution in [0.5, 0.6) is 5.75 Å². The number of benzene rings is 1. The van der Waals surface area contributed by atoms with E-state index in [4.69, 9.17) is 10.5 Å². The molecule has 1 saturated carbocycles. The molecule has 0 atom stereocenters. The summed E-state index contributed by atoms with van der Waals surface area (Å²) in [4.78, 5) is 14.6. The first-order valence-electron chi connectivity index (χ1n) is 7.37. The first kappa shape index (κ1) is 14.9. The molecule has 1 aliphatic carbocycles. The molecular weight excluding hydrogens is 252 g/mol. The van der Waals surface area contributed by atoms with Crippen LogP contribution in [-0.4, -0.2) is 37.0 Å². The normalized spacial score (nSPS) is 14.7. The average Bonchev–Trinajstić information content (AvgIpc) is 2.41. The molecule has 4 heteroatoms. The lowest BCUT2D eigenvalue weighted by Gasteiger charge is -2.37. The minimum Gasteiger partial charge on any atom is -0.496 e. The smallest absolute Gasteiger partial charge is 0.227 e. The van der Waals surface area contributed by atoms with E-state index in [2.05, 4.69) is 0 Å². The van der Waals surface area contributed by atoms with Gasteiger partial charge in [0.2, 0.25) is 5.91 Å². The molecule has 1 aromatic rings. The fraction of sp³-hybridized carbons (Fsp3) is 0.562. The number of carbonyl (C=O) groups is 1. The van der Waals surface area contributed by atoms with Gasteiger partial charge in [-0.2, -0.15) is 0 Å². The van der Waals surface area contributed by atoms with Gasteiger partial charge in [-0.15, -0.1) is 0 Å². The van der Waals surface area contributed by atoms with Gasteiger partial charge in [0.15, 0.2) is 0 Å². The Hall–Kier alpha value is -1.55. The van der Waals surface area contributed by atoms with E-state index in [-0.39, 0.29) is 5.91 Å². The molecule has 110 valence electrons. The molecule has 1 fully saturated rings. The van der Waals surface area contributed by atoms with Gasteiger partial charge in [-0.25, -0.2) is 0 Å². The van der Waals surface area contributed by atoms with Crippen molar-refractivity contribution >= 4 is 5.91 Å². The van der Waals surface area contributed by atoms with Gasteiger partial charge in [-0.05, 0) is 38.3 Å². The number of hydrogen-bond donors (Lipinski definition) is 1. The SMILES string of the molecule is COc1ccccc1CC(=O)N(CCCN)C1CCC1. The molecule has 1 aliphatic rings. The van der Waals surface area contributed by atoms with Crippen LogP contribution < -0.4 is 10.5 Å². The summed E-state index contributed by atoms with van der Waals surface area (Å²) in [6.07, 6.45) is 4.76. The average molecular weight is 276 g/mol. The Balaban J connectivity index is 2.03. The van der Waals surface area contributed by atoms with Crippen molar-refractivity contribution < 1.29 is 9.53 Å². The van der Waals surface area contributed by atoms with E-state index in [1.165, 1.54) is 6.42 Å². The van der Waals surface area contributed by atoms with Crippen molar-refractivity contribution in [3.8, 4) is 5.75 Å². The predicted octanol–water partition coefficient (Wildman–Crippen LogP) is 1.97. The molecule has 20 heavy (non-hydrogen) atoms. The number of amides is 1. The molecule has 1 amide bonds. The van der Waals surface area contributed by atoms with Gasteiger partial charge in [-0.1, -0.05) is 18.2 Å². The Bertz CT molecular complexity index is 444. The molecule has 0 bridgehead atoms. The quantitative estimate of drug-likeness (QED) is 0.828. The summed E-state index contributed by atoms with van der Waals surface area (Å²) in [6, 6.07) is 8.14. The molecule has 0 heterocycles. The van der Waals surface area contributed by atoms with Crippen LogP contribution in [0.1, 0.15) is 31.2 Å². The second kappa shape index (κ2) is 7.29. The second-order valence-electron chi connectivity index (χ2n) is 5.30. The molecular formula is C16H24N2O2. The second-order valence-corrected chi connectivity index (χ2v) is 5.30. The number of methoxy groups -OCH3 is 1. The molecule has 4 nitrogen and oxygen atoms in total. The fourth-order valence-corrected chi connectivity index (χ4v) is 2.58. The molecule has 0 radical (unpaired) electrons. The molecule has 0 aromatic heterocycles. The Kier molecular flexibility index (Phi) is 5.41. The zero-order valence-corrected chi connectivity index (χ0v) is 12.2. The number of para-hydroxylation sites is 1. The molecule has 0 aliphatic heterocycles. The van der Waals surface area contributed by atoms with E-state index in [1.807, 2.05) is 29.2 Å². The minimum absolute atomic E-state index is 0.188. The predicted molar refractivity (Wildman–Crippen MR) is 79.7 cm³/mol. The van der Waals surface area contributed by atoms with Gasteiger partial charge in [0.05, 0.1) is 13.5 Å². The summed E-state index contributed by atoms with van der Waals surface area (Å²) in [5.74, 6) is 0.973. The minimum atomic E-state index is 0.188. The van der Waals surface area contributed by atoms with Crippen LogP contribution in [0.15, 0.2) is 24.3 Å². The number of hydrogen-bond acceptors (Lipinski definition) is 3. The third-order valence-electron chi connectivity index (χ3n) is 3.97. The topological polar surface area (TPSA) is 55.6 Å². The highest BCUT2D eigenvalue weighted by molar-refractivity contribution is 5.80. The zero-order chi connectivity index (χ0) is 14.4. The third-order valence-corrected chi connectivity index (χ3v) is 3.97. The highest BCUT2D eigenvalue weighted by Crippen LogP contribution is 2.26. The van der Waals surface area contributed by atoms with Crippen molar-refractivity contribution in [2.45, 2.75) is 38.1 Å². The van der Waals surface area contributed by atoms with Crippen molar-refractivity contribution in [1.82, 2.24) is 4.90 Å². The summed E-state index contributed by atoms with van der Waals surface area (Å²) >= 11 is 0. The maximum absolute atomic E-state index is 12.6. The molecule has 0 unspecified atom stereocenters. The van der Waals surface area contributed by atoms with Crippen LogP contribution in [0.3, 0.4) is 0 Å². The Morgan fingerprint density at radius 3 is 2.75 bits per heavy atom. The number of rotatable bonds is 7. The fourth-order valence-electron chi connectivity index (χ4n) is 2.58. The van der Waals surface area contributed by atoms with Gasteiger partial charge in [0.25, 0.3) is 0 Å². The van der Waals surface area contributed by atoms with Crippen molar-refractivity contribution in [3.05, 3.63) is 29.8 Å². The Morgan fingerprint density at radius 1 is 1.40 bits per heavy atom. The van der Waals surface area contributed by atoms with E-state index in [0.29, 0.717) is 19.0 Å². The van der Waals surface area contributed by atoms with Crippen LogP contribution in [-0.2, 0) is 11.2 Å².